The topological polar surface area (TPSA) is 38.5 Å². The molecule has 0 aliphatic carbocycles. The first-order valence-electron chi connectivity index (χ1n) is 30.4. The number of aryl methyl sites for hydroxylation is 1. The molecule has 0 fully saturated rings. The summed E-state index contributed by atoms with van der Waals surface area (Å²) in [5.41, 5.74) is 18.5. The molecule has 6 nitrogen and oxygen atoms in total. The van der Waals surface area contributed by atoms with Gasteiger partial charge in [-0.3, -0.25) is 0 Å². The standard InChI is InChI=1S/C77H57N5O.Pt/c1-53-48-75(78-51-68(53)56-28-12-7-13-29-56)82-71-39-19-16-33-65(71)64-32-14-17-37-69(64)81(58-44-42-57(43-45-58)77(2,3)4)70-38-18-15-34-66(70)67-47-46-61(50-74(67)82)83-60-31-22-30-59(49-60)79-52-80(73-41-21-20-40-72(73)79)76-62(54-24-8-5-9-25-54)35-23-36-63(76)55-26-10-6-11-27-55;/h5-48,51H,1-4H3;/q-2;/i7D,12D,13D,28D,29D;. The van der Waals surface area contributed by atoms with Gasteiger partial charge in [0.2, 0.25) is 0 Å². The molecule has 14 rings (SSSR count). The van der Waals surface area contributed by atoms with Crippen LogP contribution in [-0.4, -0.2) is 14.1 Å². The molecule has 0 atom stereocenters. The first-order valence-corrected chi connectivity index (χ1v) is 29.1. The van der Waals surface area contributed by atoms with Crippen LogP contribution in [0.3, 0.4) is 0 Å². The summed E-state index contributed by atoms with van der Waals surface area (Å²) in [6.07, 6.45) is 1.62. The quantitative estimate of drug-likeness (QED) is 0.135. The predicted octanol–water partition coefficient (Wildman–Crippen LogP) is 20.5. The third-order valence-corrected chi connectivity index (χ3v) is 16.6. The second-order valence-electron chi connectivity index (χ2n) is 21.8. The Balaban J connectivity index is 0.965. The number of hydrogen-bond acceptors (Lipinski definition) is 4. The Kier molecular flexibility index (Phi) is 12.1. The minimum absolute atomic E-state index is 0.0595. The van der Waals surface area contributed by atoms with E-state index < -0.39 is 18.1 Å². The van der Waals surface area contributed by atoms with Crippen molar-refractivity contribution in [1.29, 1.82) is 0 Å². The fourth-order valence-electron chi connectivity index (χ4n) is 11.6. The second kappa shape index (κ2) is 21.8. The van der Waals surface area contributed by atoms with Gasteiger partial charge in [-0.15, -0.1) is 0 Å². The maximum atomic E-state index is 8.96. The minimum Gasteiger partial charge on any atom is -0.0616 e. The van der Waals surface area contributed by atoms with E-state index in [1.807, 2.05) is 43.3 Å². The van der Waals surface area contributed by atoms with Crippen LogP contribution in [0.5, 0.6) is 11.5 Å². The van der Waals surface area contributed by atoms with Crippen LogP contribution in [-0.2, 0) is 24.8 Å². The number of pyridine rings is 1. The van der Waals surface area contributed by atoms with E-state index in [1.165, 1.54) is 5.56 Å². The minimum atomic E-state index is -0.454. The molecule has 2 aromatic heterocycles. The van der Waals surface area contributed by atoms with Crippen LogP contribution in [0.25, 0.3) is 78.0 Å². The molecule has 84 heavy (non-hydrogen) atoms. The Hall–Kier alpha value is -9.87. The molecule has 11 aromatic carbocycles. The molecule has 1 aliphatic rings. The van der Waals surface area contributed by atoms with Gasteiger partial charge in [-0.05, 0) is 53.3 Å². The number of hydrogen-bond donors (Lipinski definition) is 0. The van der Waals surface area contributed by atoms with Crippen molar-refractivity contribution in [2.24, 2.45) is 0 Å². The number of nitrogens with zero attached hydrogens (tertiary/aromatic N) is 5. The molecular weight excluding hydrogens is 1210 g/mol. The Labute approximate surface area is 508 Å². The van der Waals surface area contributed by atoms with Gasteiger partial charge in [0.25, 0.3) is 0 Å². The third-order valence-electron chi connectivity index (χ3n) is 15.6. The SMILES string of the molecule is [2H]c1c([2H])c([2H])c(-c2cnc(N3c4[c-]c(Oc5[c-]c(-n6[c](=[Pt])n(-c7c(-c8ccccc8)cccc7-c7ccccc7)c7ccccc76)ccc5)ccc4-c4ccccc4N(c4ccc(C(C)(C)C)cc4)c4ccccc4-c4ccccc43)cc2C)c([2H])c1[2H]. The monoisotopic (exact) mass is 1270 g/mol. The molecular formula is C77H57N5OPt-2. The number of rotatable bonds is 9. The van der Waals surface area contributed by atoms with Gasteiger partial charge in [-0.2, -0.15) is 0 Å². The van der Waals surface area contributed by atoms with E-state index in [0.29, 0.717) is 34.1 Å². The van der Waals surface area contributed by atoms with Crippen molar-refractivity contribution in [3.05, 3.63) is 300 Å². The maximum absolute atomic E-state index is 8.96. The molecule has 7 heteroatoms. The summed E-state index contributed by atoms with van der Waals surface area (Å²) in [5.74, 6) is 1.39. The average molecular weight is 1270 g/mol. The van der Waals surface area contributed by atoms with E-state index in [9.17, 15) is 0 Å². The van der Waals surface area contributed by atoms with Gasteiger partial charge >= 0.3 is 306 Å². The van der Waals surface area contributed by atoms with E-state index in [1.54, 1.807) is 6.20 Å². The second-order valence-corrected chi connectivity index (χ2v) is 22.8. The van der Waals surface area contributed by atoms with Gasteiger partial charge in [0.1, 0.15) is 0 Å². The van der Waals surface area contributed by atoms with Gasteiger partial charge in [-0.25, -0.2) is 0 Å². The van der Waals surface area contributed by atoms with Crippen LogP contribution < -0.4 is 14.5 Å². The Morgan fingerprint density at radius 1 is 0.464 bits per heavy atom. The third kappa shape index (κ3) is 9.49. The fourth-order valence-corrected chi connectivity index (χ4v) is 12.7. The zero-order valence-electron chi connectivity index (χ0n) is 51.6. The molecule has 408 valence electrons. The smallest absolute Gasteiger partial charge is 0.0616 e. The normalized spacial score (nSPS) is 12.9. The van der Waals surface area contributed by atoms with Gasteiger partial charge in [-0.1, -0.05) is 112 Å². The first kappa shape index (κ1) is 46.7. The Morgan fingerprint density at radius 3 is 1.60 bits per heavy atom. The van der Waals surface area contributed by atoms with Crippen molar-refractivity contribution in [1.82, 2.24) is 14.1 Å². The van der Waals surface area contributed by atoms with E-state index >= 15 is 0 Å². The van der Waals surface area contributed by atoms with Crippen molar-refractivity contribution in [2.75, 3.05) is 9.80 Å². The van der Waals surface area contributed by atoms with Crippen LogP contribution in [0, 0.1) is 22.9 Å². The summed E-state index contributed by atoms with van der Waals surface area (Å²) in [4.78, 5) is 9.64. The molecule has 13 aromatic rings. The van der Waals surface area contributed by atoms with Crippen molar-refractivity contribution in [3.63, 3.8) is 0 Å². The van der Waals surface area contributed by atoms with Crippen molar-refractivity contribution >= 4 is 45.3 Å². The number of benzene rings is 11. The summed E-state index contributed by atoms with van der Waals surface area (Å²) >= 11 is 2.45. The molecule has 3 heterocycles. The van der Waals surface area contributed by atoms with E-state index in [-0.39, 0.29) is 23.1 Å². The van der Waals surface area contributed by atoms with Crippen molar-refractivity contribution in [3.8, 4) is 78.5 Å². The van der Waals surface area contributed by atoms with E-state index in [4.69, 9.17) is 16.6 Å². The van der Waals surface area contributed by atoms with Crippen LogP contribution in [0.1, 0.15) is 38.8 Å². The van der Waals surface area contributed by atoms with Crippen molar-refractivity contribution < 1.29 is 30.9 Å². The molecule has 1 aliphatic heterocycles. The zero-order valence-corrected chi connectivity index (χ0v) is 48.8. The Morgan fingerprint density at radius 2 is 0.988 bits per heavy atom. The summed E-state index contributed by atoms with van der Waals surface area (Å²) in [6.45, 7) is 8.57. The van der Waals surface area contributed by atoms with Gasteiger partial charge < -0.3 is 4.90 Å². The van der Waals surface area contributed by atoms with E-state index in [2.05, 4.69) is 271 Å². The first-order chi connectivity index (χ1) is 43.2. The van der Waals surface area contributed by atoms with E-state index in [0.717, 1.165) is 93.5 Å². The van der Waals surface area contributed by atoms with Gasteiger partial charge in [0.15, 0.2) is 0 Å². The summed E-state index contributed by atoms with van der Waals surface area (Å²) in [7, 11) is 0. The summed E-state index contributed by atoms with van der Waals surface area (Å²) in [6, 6.07) is 87.7. The molecule has 0 bridgehead atoms. The molecule has 0 saturated heterocycles. The number of anilines is 6. The van der Waals surface area contributed by atoms with Crippen LogP contribution in [0.15, 0.2) is 273 Å². The molecule has 0 unspecified atom stereocenters. The molecule has 0 N–H and O–H groups in total. The van der Waals surface area contributed by atoms with Crippen molar-refractivity contribution in [2.45, 2.75) is 33.1 Å². The van der Waals surface area contributed by atoms with Gasteiger partial charge in [0, 0.05) is 23.0 Å². The van der Waals surface area contributed by atoms with Crippen LogP contribution in [0.2, 0.25) is 0 Å². The summed E-state index contributed by atoms with van der Waals surface area (Å²) in [5, 5.41) is 0. The number of imidazole rings is 1. The number of ether oxygens (including phenoxy) is 1. The average Bonchev–Trinajstić information content (AvgIpc) is 1.79. The molecule has 0 radical (unpaired) electrons. The predicted molar refractivity (Wildman–Crippen MR) is 341 cm³/mol. The number of aromatic nitrogens is 3. The summed E-state index contributed by atoms with van der Waals surface area (Å²) < 4.78 is 56.0. The number of para-hydroxylation sites is 6. The zero-order chi connectivity index (χ0) is 61.2. The Bertz CT molecular complexity index is 4890. The van der Waals surface area contributed by atoms with Crippen LogP contribution >= 0.6 is 0 Å². The fraction of sp³-hybridized carbons (Fsp3) is 0.0649. The van der Waals surface area contributed by atoms with Crippen LogP contribution in [0.4, 0.5) is 34.3 Å². The number of fused-ring (bicyclic) bond motifs is 7. The molecule has 0 spiro atoms. The molecule has 0 saturated carbocycles. The van der Waals surface area contributed by atoms with Gasteiger partial charge in [0.05, 0.1) is 12.5 Å². The molecule has 0 amide bonds.